The highest BCUT2D eigenvalue weighted by Gasteiger charge is 2.32. The van der Waals surface area contributed by atoms with Crippen molar-refractivity contribution in [2.24, 2.45) is 11.8 Å². The van der Waals surface area contributed by atoms with Crippen LogP contribution in [0.1, 0.15) is 30.7 Å². The van der Waals surface area contributed by atoms with E-state index < -0.39 is 0 Å². The summed E-state index contributed by atoms with van der Waals surface area (Å²) in [4.78, 5) is 33.4. The maximum absolute atomic E-state index is 12.6. The van der Waals surface area contributed by atoms with Crippen LogP contribution in [0.2, 0.25) is 0 Å². The molecule has 4 rings (SSSR count). The van der Waals surface area contributed by atoms with Crippen LogP contribution < -0.4 is 0 Å². The molecule has 2 amide bonds. The standard InChI is InChI=1S/C22H29N3O3S/c1-28-15-17-12-22(27)25(14-17)13-16-8-10-24(11-9-16)21(26)7-6-20-23-18-4-2-3-5-19(18)29-20/h2-5,16-17H,6-15H2,1H3. The van der Waals surface area contributed by atoms with Gasteiger partial charge in [-0.25, -0.2) is 4.98 Å². The third-order valence-electron chi connectivity index (χ3n) is 6.03. The molecule has 2 aliphatic rings. The summed E-state index contributed by atoms with van der Waals surface area (Å²) >= 11 is 1.68. The molecule has 6 nitrogen and oxygen atoms in total. The molecular formula is C22H29N3O3S. The number of rotatable bonds is 7. The van der Waals surface area contributed by atoms with Crippen LogP contribution >= 0.6 is 11.3 Å². The lowest BCUT2D eigenvalue weighted by molar-refractivity contribution is -0.133. The third kappa shape index (κ3) is 4.95. The van der Waals surface area contributed by atoms with E-state index in [1.807, 2.05) is 28.0 Å². The molecule has 0 aliphatic carbocycles. The second kappa shape index (κ2) is 9.22. The molecule has 156 valence electrons. The van der Waals surface area contributed by atoms with Crippen LogP contribution in [0.4, 0.5) is 0 Å². The molecule has 1 atom stereocenters. The largest absolute Gasteiger partial charge is 0.384 e. The molecule has 2 fully saturated rings. The van der Waals surface area contributed by atoms with Crippen LogP contribution in [-0.4, -0.2) is 66.5 Å². The summed E-state index contributed by atoms with van der Waals surface area (Å²) in [5.41, 5.74) is 1.02. The summed E-state index contributed by atoms with van der Waals surface area (Å²) in [7, 11) is 1.69. The molecule has 29 heavy (non-hydrogen) atoms. The second-order valence-corrected chi connectivity index (χ2v) is 9.34. The van der Waals surface area contributed by atoms with E-state index in [0.717, 1.165) is 49.5 Å². The van der Waals surface area contributed by atoms with Crippen molar-refractivity contribution in [2.75, 3.05) is 39.9 Å². The normalized spacial score (nSPS) is 20.7. The molecule has 0 radical (unpaired) electrons. The minimum absolute atomic E-state index is 0.222. The van der Waals surface area contributed by atoms with E-state index in [1.165, 1.54) is 4.70 Å². The van der Waals surface area contributed by atoms with Gasteiger partial charge in [0.1, 0.15) is 0 Å². The lowest BCUT2D eigenvalue weighted by Crippen LogP contribution is -2.42. The summed E-state index contributed by atoms with van der Waals surface area (Å²) in [6.07, 6.45) is 3.79. The topological polar surface area (TPSA) is 62.7 Å². The van der Waals surface area contributed by atoms with E-state index in [1.54, 1.807) is 18.4 Å². The third-order valence-corrected chi connectivity index (χ3v) is 7.13. The van der Waals surface area contributed by atoms with Gasteiger partial charge in [0.25, 0.3) is 0 Å². The van der Waals surface area contributed by atoms with Crippen molar-refractivity contribution in [2.45, 2.75) is 32.1 Å². The summed E-state index contributed by atoms with van der Waals surface area (Å²) in [5.74, 6) is 1.30. The number of carbonyl (C=O) groups excluding carboxylic acids is 2. The van der Waals surface area contributed by atoms with Crippen LogP contribution in [0, 0.1) is 11.8 Å². The smallest absolute Gasteiger partial charge is 0.223 e. The van der Waals surface area contributed by atoms with Gasteiger partial charge >= 0.3 is 0 Å². The number of aromatic nitrogens is 1. The highest BCUT2D eigenvalue weighted by Crippen LogP contribution is 2.25. The number of carbonyl (C=O) groups is 2. The van der Waals surface area contributed by atoms with E-state index in [2.05, 4.69) is 11.1 Å². The van der Waals surface area contributed by atoms with Gasteiger partial charge in [-0.05, 0) is 30.9 Å². The zero-order valence-corrected chi connectivity index (χ0v) is 17.8. The van der Waals surface area contributed by atoms with Gasteiger partial charge in [-0.15, -0.1) is 11.3 Å². The van der Waals surface area contributed by atoms with E-state index >= 15 is 0 Å². The maximum atomic E-state index is 12.6. The Morgan fingerprint density at radius 2 is 2.03 bits per heavy atom. The van der Waals surface area contributed by atoms with Gasteiger partial charge in [0.2, 0.25) is 11.8 Å². The van der Waals surface area contributed by atoms with Crippen LogP contribution in [0.25, 0.3) is 10.2 Å². The van der Waals surface area contributed by atoms with Gasteiger partial charge in [0.15, 0.2) is 0 Å². The number of thiazole rings is 1. The Morgan fingerprint density at radius 3 is 2.79 bits per heavy atom. The number of methoxy groups -OCH3 is 1. The van der Waals surface area contributed by atoms with Crippen molar-refractivity contribution < 1.29 is 14.3 Å². The van der Waals surface area contributed by atoms with Gasteiger partial charge in [-0.1, -0.05) is 12.1 Å². The Labute approximate surface area is 175 Å². The number of aryl methyl sites for hydroxylation is 1. The summed E-state index contributed by atoms with van der Waals surface area (Å²) in [5, 5.41) is 1.03. The molecule has 1 unspecified atom stereocenters. The van der Waals surface area contributed by atoms with Gasteiger partial charge in [0, 0.05) is 58.5 Å². The first-order valence-electron chi connectivity index (χ1n) is 10.5. The minimum Gasteiger partial charge on any atom is -0.384 e. The lowest BCUT2D eigenvalue weighted by Gasteiger charge is -2.34. The van der Waals surface area contributed by atoms with E-state index in [4.69, 9.17) is 4.74 Å². The highest BCUT2D eigenvalue weighted by atomic mass is 32.1. The Hall–Kier alpha value is -1.99. The Morgan fingerprint density at radius 1 is 1.24 bits per heavy atom. The predicted molar refractivity (Wildman–Crippen MR) is 114 cm³/mol. The molecule has 7 heteroatoms. The molecule has 0 bridgehead atoms. The average molecular weight is 416 g/mol. The van der Waals surface area contributed by atoms with Crippen LogP contribution in [0.3, 0.4) is 0 Å². The number of nitrogens with zero attached hydrogens (tertiary/aromatic N) is 3. The minimum atomic E-state index is 0.222. The quantitative estimate of drug-likeness (QED) is 0.698. The van der Waals surface area contributed by atoms with Crippen LogP contribution in [0.5, 0.6) is 0 Å². The number of para-hydroxylation sites is 1. The van der Waals surface area contributed by atoms with Crippen LogP contribution in [0.15, 0.2) is 24.3 Å². The fourth-order valence-corrected chi connectivity index (χ4v) is 5.42. The lowest BCUT2D eigenvalue weighted by atomic mass is 9.96. The predicted octanol–water partition coefficient (Wildman–Crippen LogP) is 2.96. The SMILES string of the molecule is COCC1CC(=O)N(CC2CCN(C(=O)CCc3nc4ccccc4s3)CC2)C1. The Balaban J connectivity index is 1.21. The second-order valence-electron chi connectivity index (χ2n) is 8.22. The van der Waals surface area contributed by atoms with E-state index in [9.17, 15) is 9.59 Å². The first kappa shape index (κ1) is 20.3. The number of ether oxygens (including phenoxy) is 1. The van der Waals surface area contributed by atoms with Gasteiger partial charge in [0.05, 0.1) is 21.8 Å². The molecule has 0 N–H and O–H groups in total. The van der Waals surface area contributed by atoms with Gasteiger partial charge < -0.3 is 14.5 Å². The fourth-order valence-electron chi connectivity index (χ4n) is 4.45. The number of hydrogen-bond donors (Lipinski definition) is 0. The first-order chi connectivity index (χ1) is 14.1. The molecule has 1 aromatic heterocycles. The highest BCUT2D eigenvalue weighted by molar-refractivity contribution is 7.18. The number of amides is 2. The Kier molecular flexibility index (Phi) is 6.45. The summed E-state index contributed by atoms with van der Waals surface area (Å²) in [6.45, 7) is 3.89. The van der Waals surface area contributed by atoms with Gasteiger partial charge in [-0.3, -0.25) is 9.59 Å². The molecule has 0 spiro atoms. The van der Waals surface area contributed by atoms with E-state index in [0.29, 0.717) is 37.7 Å². The number of likely N-dealkylation sites (tertiary alicyclic amines) is 2. The number of fused-ring (bicyclic) bond motifs is 1. The maximum Gasteiger partial charge on any atom is 0.223 e. The van der Waals surface area contributed by atoms with Crippen molar-refractivity contribution in [1.29, 1.82) is 0 Å². The molecule has 1 aromatic carbocycles. The number of benzene rings is 1. The summed E-state index contributed by atoms with van der Waals surface area (Å²) < 4.78 is 6.38. The van der Waals surface area contributed by atoms with Gasteiger partial charge in [-0.2, -0.15) is 0 Å². The average Bonchev–Trinajstić information content (AvgIpc) is 3.30. The van der Waals surface area contributed by atoms with Crippen LogP contribution in [-0.2, 0) is 20.7 Å². The zero-order valence-electron chi connectivity index (χ0n) is 17.0. The number of piperidine rings is 1. The number of hydrogen-bond acceptors (Lipinski definition) is 5. The fraction of sp³-hybridized carbons (Fsp3) is 0.591. The molecule has 3 heterocycles. The van der Waals surface area contributed by atoms with Crippen molar-refractivity contribution in [3.63, 3.8) is 0 Å². The van der Waals surface area contributed by atoms with Crippen molar-refractivity contribution in [3.05, 3.63) is 29.3 Å². The van der Waals surface area contributed by atoms with Crippen molar-refractivity contribution >= 4 is 33.4 Å². The first-order valence-corrected chi connectivity index (χ1v) is 11.3. The zero-order chi connectivity index (χ0) is 20.2. The van der Waals surface area contributed by atoms with Crippen molar-refractivity contribution in [1.82, 2.24) is 14.8 Å². The molecule has 2 aromatic rings. The molecule has 0 saturated carbocycles. The Bertz CT molecular complexity index is 827. The molecular weight excluding hydrogens is 386 g/mol. The molecule has 2 aliphatic heterocycles. The summed E-state index contributed by atoms with van der Waals surface area (Å²) in [6, 6.07) is 8.11. The van der Waals surface area contributed by atoms with Crippen molar-refractivity contribution in [3.8, 4) is 0 Å². The molecule has 2 saturated heterocycles. The van der Waals surface area contributed by atoms with E-state index in [-0.39, 0.29) is 11.8 Å². The monoisotopic (exact) mass is 415 g/mol.